The molecule has 1 heterocycles. The van der Waals surface area contributed by atoms with Gasteiger partial charge >= 0.3 is 0 Å². The molecule has 124 valence electrons. The Kier molecular flexibility index (Phi) is 6.68. The van der Waals surface area contributed by atoms with E-state index in [0.717, 1.165) is 22.5 Å². The standard InChI is InChI=1S/C22H18NO.BrH/c1-18-9-8-14-21(16-15-19-10-4-2-5-11-19)23(18)17-22(24)20-12-6-3-7-13-20;/h2-14H,17H2,1H3;1H/q+1;/p-1. The Hall–Kier alpha value is -2.70. The fourth-order valence-electron chi connectivity index (χ4n) is 2.48. The molecular formula is C22H18BrNO. The Morgan fingerprint density at radius 2 is 1.48 bits per heavy atom. The fourth-order valence-corrected chi connectivity index (χ4v) is 2.48. The lowest BCUT2D eigenvalue weighted by atomic mass is 10.1. The summed E-state index contributed by atoms with van der Waals surface area (Å²) in [7, 11) is 0. The molecule has 3 aromatic rings. The molecule has 0 fully saturated rings. The Bertz CT molecular complexity index is 909. The van der Waals surface area contributed by atoms with E-state index in [2.05, 4.69) is 11.8 Å². The third-order valence-corrected chi connectivity index (χ3v) is 3.81. The molecule has 0 bridgehead atoms. The third kappa shape index (κ3) is 4.89. The number of halogens is 1. The van der Waals surface area contributed by atoms with E-state index >= 15 is 0 Å². The predicted molar refractivity (Wildman–Crippen MR) is 94.6 cm³/mol. The van der Waals surface area contributed by atoms with Crippen molar-refractivity contribution in [2.24, 2.45) is 0 Å². The first-order chi connectivity index (χ1) is 11.7. The summed E-state index contributed by atoms with van der Waals surface area (Å²) >= 11 is 0. The van der Waals surface area contributed by atoms with Crippen molar-refractivity contribution in [3.05, 3.63) is 101 Å². The van der Waals surface area contributed by atoms with E-state index in [1.165, 1.54) is 0 Å². The summed E-state index contributed by atoms with van der Waals surface area (Å²) in [5.41, 5.74) is 3.53. The van der Waals surface area contributed by atoms with Crippen molar-refractivity contribution in [2.75, 3.05) is 0 Å². The van der Waals surface area contributed by atoms with Gasteiger partial charge in [-0.1, -0.05) is 54.5 Å². The van der Waals surface area contributed by atoms with E-state index < -0.39 is 0 Å². The summed E-state index contributed by atoms with van der Waals surface area (Å²) in [6, 6.07) is 25.1. The van der Waals surface area contributed by atoms with Crippen LogP contribution in [0, 0.1) is 18.8 Å². The summed E-state index contributed by atoms with van der Waals surface area (Å²) in [5.74, 6) is 6.43. The number of benzene rings is 2. The van der Waals surface area contributed by atoms with Crippen molar-refractivity contribution in [2.45, 2.75) is 13.5 Å². The van der Waals surface area contributed by atoms with Crippen LogP contribution in [0.2, 0.25) is 0 Å². The van der Waals surface area contributed by atoms with Crippen molar-refractivity contribution in [1.29, 1.82) is 0 Å². The summed E-state index contributed by atoms with van der Waals surface area (Å²) in [4.78, 5) is 12.5. The largest absolute Gasteiger partial charge is 1.00 e. The maximum absolute atomic E-state index is 12.5. The van der Waals surface area contributed by atoms with Crippen LogP contribution in [-0.4, -0.2) is 5.78 Å². The van der Waals surface area contributed by atoms with Crippen LogP contribution in [0.3, 0.4) is 0 Å². The van der Waals surface area contributed by atoms with Gasteiger partial charge in [0.1, 0.15) is 0 Å². The van der Waals surface area contributed by atoms with E-state index in [1.54, 1.807) is 0 Å². The zero-order chi connectivity index (χ0) is 16.8. The molecule has 0 saturated carbocycles. The number of rotatable bonds is 3. The molecule has 1 aromatic heterocycles. The number of nitrogens with zero attached hydrogens (tertiary/aromatic N) is 1. The van der Waals surface area contributed by atoms with Gasteiger partial charge in [-0.15, -0.1) is 0 Å². The smallest absolute Gasteiger partial charge is 0.257 e. The molecule has 0 unspecified atom stereocenters. The normalized spacial score (nSPS) is 9.48. The summed E-state index contributed by atoms with van der Waals surface area (Å²) in [5, 5.41) is 0. The highest BCUT2D eigenvalue weighted by atomic mass is 79.9. The second-order valence-electron chi connectivity index (χ2n) is 5.54. The Morgan fingerprint density at radius 1 is 0.840 bits per heavy atom. The number of ketones is 1. The average Bonchev–Trinajstić information content (AvgIpc) is 2.63. The number of Topliss-reactive ketones (excluding diaryl/α,β-unsaturated/α-hetero) is 1. The van der Waals surface area contributed by atoms with Gasteiger partial charge in [-0.2, -0.15) is 4.57 Å². The molecule has 0 aliphatic rings. The minimum Gasteiger partial charge on any atom is -1.00 e. The van der Waals surface area contributed by atoms with E-state index in [9.17, 15) is 4.79 Å². The molecule has 0 aliphatic carbocycles. The van der Waals surface area contributed by atoms with E-state index in [0.29, 0.717) is 0 Å². The monoisotopic (exact) mass is 391 g/mol. The molecule has 2 nitrogen and oxygen atoms in total. The topological polar surface area (TPSA) is 20.9 Å². The highest BCUT2D eigenvalue weighted by Crippen LogP contribution is 2.03. The molecule has 2 aromatic carbocycles. The fraction of sp³-hybridized carbons (Fsp3) is 0.0909. The van der Waals surface area contributed by atoms with Gasteiger partial charge in [0.15, 0.2) is 5.69 Å². The molecule has 0 aliphatic heterocycles. The van der Waals surface area contributed by atoms with Crippen molar-refractivity contribution < 1.29 is 26.3 Å². The number of carbonyl (C=O) groups is 1. The molecule has 0 atom stereocenters. The highest BCUT2D eigenvalue weighted by Gasteiger charge is 2.17. The van der Waals surface area contributed by atoms with Crippen molar-refractivity contribution in [1.82, 2.24) is 0 Å². The molecule has 0 spiro atoms. The Morgan fingerprint density at radius 3 is 2.16 bits per heavy atom. The van der Waals surface area contributed by atoms with Crippen molar-refractivity contribution >= 4 is 5.78 Å². The van der Waals surface area contributed by atoms with Gasteiger partial charge in [0.2, 0.25) is 12.3 Å². The Labute approximate surface area is 158 Å². The van der Waals surface area contributed by atoms with Gasteiger partial charge < -0.3 is 17.0 Å². The Balaban J connectivity index is 0.00000225. The van der Waals surface area contributed by atoms with E-state index in [-0.39, 0.29) is 29.3 Å². The van der Waals surface area contributed by atoms with Gasteiger partial charge in [-0.25, -0.2) is 0 Å². The molecule has 0 amide bonds. The van der Waals surface area contributed by atoms with Crippen LogP contribution in [0.25, 0.3) is 0 Å². The predicted octanol–water partition coefficient (Wildman–Crippen LogP) is 0.569. The second-order valence-corrected chi connectivity index (χ2v) is 5.54. The molecule has 0 saturated heterocycles. The molecule has 0 radical (unpaired) electrons. The maximum atomic E-state index is 12.5. The van der Waals surface area contributed by atoms with Crippen LogP contribution >= 0.6 is 0 Å². The van der Waals surface area contributed by atoms with Crippen molar-refractivity contribution in [3.63, 3.8) is 0 Å². The lowest BCUT2D eigenvalue weighted by Crippen LogP contribution is -3.00. The van der Waals surface area contributed by atoms with Crippen molar-refractivity contribution in [3.8, 4) is 11.8 Å². The minimum absolute atomic E-state index is 0. The minimum atomic E-state index is 0. The average molecular weight is 392 g/mol. The van der Waals surface area contributed by atoms with Crippen LogP contribution in [0.4, 0.5) is 0 Å². The van der Waals surface area contributed by atoms with Crippen LogP contribution in [0.1, 0.15) is 27.3 Å². The molecule has 3 rings (SSSR count). The zero-order valence-electron chi connectivity index (χ0n) is 13.9. The lowest BCUT2D eigenvalue weighted by Gasteiger charge is -2.03. The SMILES string of the molecule is Cc1cccc(C#Cc2ccccc2)[n+]1CC(=O)c1ccccc1.[Br-]. The van der Waals surface area contributed by atoms with Crippen LogP contribution in [0.15, 0.2) is 78.9 Å². The van der Waals surface area contributed by atoms with Gasteiger partial charge in [0.05, 0.1) is 0 Å². The summed E-state index contributed by atoms with van der Waals surface area (Å²) in [6.07, 6.45) is 0. The van der Waals surface area contributed by atoms with Gasteiger partial charge in [-0.3, -0.25) is 4.79 Å². The quantitative estimate of drug-likeness (QED) is 0.363. The molecular weight excluding hydrogens is 374 g/mol. The number of aryl methyl sites for hydroxylation is 1. The number of carbonyl (C=O) groups excluding carboxylic acids is 1. The summed E-state index contributed by atoms with van der Waals surface area (Å²) < 4.78 is 1.96. The number of pyridine rings is 1. The first-order valence-corrected chi connectivity index (χ1v) is 7.89. The number of hydrogen-bond donors (Lipinski definition) is 0. The highest BCUT2D eigenvalue weighted by molar-refractivity contribution is 5.95. The third-order valence-electron chi connectivity index (χ3n) is 3.81. The van der Waals surface area contributed by atoms with Gasteiger partial charge in [0, 0.05) is 36.1 Å². The number of aromatic nitrogens is 1. The first kappa shape index (κ1) is 18.6. The number of hydrogen-bond acceptors (Lipinski definition) is 1. The van der Waals surface area contributed by atoms with Crippen LogP contribution < -0.4 is 21.5 Å². The van der Waals surface area contributed by atoms with Gasteiger partial charge in [-0.05, 0) is 18.2 Å². The van der Waals surface area contributed by atoms with Crippen LogP contribution in [-0.2, 0) is 6.54 Å². The van der Waals surface area contributed by atoms with E-state index in [4.69, 9.17) is 0 Å². The first-order valence-electron chi connectivity index (χ1n) is 7.89. The zero-order valence-corrected chi connectivity index (χ0v) is 15.5. The molecule has 3 heteroatoms. The maximum Gasteiger partial charge on any atom is 0.257 e. The van der Waals surface area contributed by atoms with Gasteiger partial charge in [0.25, 0.3) is 5.69 Å². The lowest BCUT2D eigenvalue weighted by molar-refractivity contribution is -0.691. The van der Waals surface area contributed by atoms with E-state index in [1.807, 2.05) is 90.4 Å². The summed E-state index contributed by atoms with van der Waals surface area (Å²) in [6.45, 7) is 2.28. The van der Waals surface area contributed by atoms with Crippen LogP contribution in [0.5, 0.6) is 0 Å². The molecule has 25 heavy (non-hydrogen) atoms. The molecule has 0 N–H and O–H groups in total. The second kappa shape index (κ2) is 8.96.